The Labute approximate surface area is 358 Å². The molecule has 4 aromatic rings. The third kappa shape index (κ3) is 7.16. The van der Waals surface area contributed by atoms with Crippen LogP contribution >= 0.6 is 0 Å². The first kappa shape index (κ1) is 40.9. The number of benzodiazepines with no additional fused rings is 1. The van der Waals surface area contributed by atoms with Gasteiger partial charge in [0.2, 0.25) is 18.0 Å². The summed E-state index contributed by atoms with van der Waals surface area (Å²) in [7, 11) is 3.68. The first-order chi connectivity index (χ1) is 30.0. The van der Waals surface area contributed by atoms with Gasteiger partial charge >= 0.3 is 6.03 Å². The molecule has 6 N–H and O–H groups in total. The normalized spacial score (nSPS) is 25.6. The number of rotatable bonds is 12. The van der Waals surface area contributed by atoms with Gasteiger partial charge in [-0.15, -0.1) is 0 Å². The molecule has 2 aliphatic carbocycles. The lowest BCUT2D eigenvalue weighted by Gasteiger charge is -2.63. The number of aliphatic imine (C=N–C) groups is 1. The van der Waals surface area contributed by atoms with E-state index >= 15 is 0 Å². The van der Waals surface area contributed by atoms with Crippen molar-refractivity contribution in [1.82, 2.24) is 20.9 Å². The molecule has 0 unspecified atom stereocenters. The van der Waals surface area contributed by atoms with E-state index in [0.717, 1.165) is 28.8 Å². The summed E-state index contributed by atoms with van der Waals surface area (Å²) in [5.74, 6) is -0.394. The van der Waals surface area contributed by atoms with E-state index in [1.165, 1.54) is 4.90 Å². The van der Waals surface area contributed by atoms with Crippen LogP contribution in [0, 0.1) is 0 Å². The van der Waals surface area contributed by atoms with Crippen LogP contribution in [-0.4, -0.2) is 122 Å². The fourth-order valence-corrected chi connectivity index (χ4v) is 10.2. The average molecular weight is 844 g/mol. The van der Waals surface area contributed by atoms with Gasteiger partial charge in [0.1, 0.15) is 31.7 Å². The van der Waals surface area contributed by atoms with Gasteiger partial charge in [0.25, 0.3) is 5.91 Å². The van der Waals surface area contributed by atoms with Gasteiger partial charge < -0.3 is 55.5 Å². The molecule has 5 amide bonds. The Balaban J connectivity index is 0.730. The summed E-state index contributed by atoms with van der Waals surface area (Å²) in [4.78, 5) is 60.8. The number of nitrogens with zero attached hydrogens (tertiary/aromatic N) is 3. The molecule has 9 rings (SSSR count). The van der Waals surface area contributed by atoms with Gasteiger partial charge in [-0.25, -0.2) is 9.79 Å². The molecule has 5 aliphatic rings. The zero-order valence-corrected chi connectivity index (χ0v) is 34.4. The maximum atomic E-state index is 13.5. The van der Waals surface area contributed by atoms with Crippen molar-refractivity contribution in [3.05, 3.63) is 113 Å². The molecule has 1 saturated heterocycles. The lowest BCUT2D eigenvalue weighted by Crippen LogP contribution is -2.77. The quantitative estimate of drug-likeness (QED) is 0.115. The predicted octanol–water partition coefficient (Wildman–Crippen LogP) is 2.83. The highest BCUT2D eigenvalue weighted by Crippen LogP contribution is 2.65. The van der Waals surface area contributed by atoms with Crippen molar-refractivity contribution in [3.8, 4) is 17.2 Å². The van der Waals surface area contributed by atoms with Crippen molar-refractivity contribution < 1.29 is 43.6 Å². The fourth-order valence-electron chi connectivity index (χ4n) is 10.2. The maximum absolute atomic E-state index is 13.5. The summed E-state index contributed by atoms with van der Waals surface area (Å²) < 4.78 is 17.7. The van der Waals surface area contributed by atoms with Gasteiger partial charge in [0, 0.05) is 41.5 Å². The second-order valence-corrected chi connectivity index (χ2v) is 16.5. The van der Waals surface area contributed by atoms with Gasteiger partial charge in [0.15, 0.2) is 11.5 Å². The van der Waals surface area contributed by atoms with Crippen LogP contribution in [0.5, 0.6) is 17.2 Å². The highest BCUT2D eigenvalue weighted by molar-refractivity contribution is 6.20. The number of piperidine rings is 1. The third-order valence-electron chi connectivity index (χ3n) is 13.0. The summed E-state index contributed by atoms with van der Waals surface area (Å²) >= 11 is 0. The summed E-state index contributed by atoms with van der Waals surface area (Å²) in [5.41, 5.74) is 3.32. The van der Waals surface area contributed by atoms with Gasteiger partial charge in [0.05, 0.1) is 35.0 Å². The fraction of sp³-hybridized carbons (Fsp3) is 0.370. The minimum atomic E-state index is -1.20. The van der Waals surface area contributed by atoms with Crippen LogP contribution < -0.4 is 35.6 Å². The SMILES string of the molecule is CN1C(=O)[C@H](NC(=O)Nc2cccc(OCCNC(=O)COCC(=O)N[C@H]3CC[C@@]4(O)[C@H]5Cc6ccc(O)c7c6[C@@]4(CCN5C)[C@H]3O7)c2)N=C(c2ccccc2)c2ccccc21. The van der Waals surface area contributed by atoms with Crippen LogP contribution in [0.3, 0.4) is 0 Å². The standard InChI is InChI=1S/C46H49N7O9/c1-52-21-19-45-38-28-15-16-34(54)40(38)62-41(45)32(17-18-46(45,59)35(52)23-28)49-37(56)26-60-25-36(55)47-20-22-61-30-12-8-11-29(24-30)48-44(58)51-42-43(57)53(2)33-14-7-6-13-31(33)39(50-42)27-9-4-3-5-10-27/h3-16,24,32,35,41-42,54,59H,17-23,25-26H2,1-2H3,(H,47,55)(H,49,56)(H2,48,51,58)/t32-,35+,41-,42-,45-,46+/m0/s1. The maximum Gasteiger partial charge on any atom is 0.321 e. The highest BCUT2D eigenvalue weighted by Gasteiger charge is 2.72. The zero-order chi connectivity index (χ0) is 43.2. The lowest BCUT2D eigenvalue weighted by molar-refractivity contribution is -0.187. The van der Waals surface area contributed by atoms with Gasteiger partial charge in [-0.1, -0.05) is 60.7 Å². The van der Waals surface area contributed by atoms with Crippen LogP contribution in [0.1, 0.15) is 41.5 Å². The number of likely N-dealkylation sites (N-methyl/N-ethyl adjacent to an activating group) is 2. The van der Waals surface area contributed by atoms with Crippen molar-refractivity contribution >= 4 is 40.8 Å². The predicted molar refractivity (Wildman–Crippen MR) is 229 cm³/mol. The van der Waals surface area contributed by atoms with Crippen LogP contribution in [0.15, 0.2) is 96.0 Å². The Bertz CT molecular complexity index is 2450. The van der Waals surface area contributed by atoms with Crippen molar-refractivity contribution in [2.75, 3.05) is 57.2 Å². The minimum Gasteiger partial charge on any atom is -0.504 e. The Morgan fingerprint density at radius 3 is 2.56 bits per heavy atom. The van der Waals surface area contributed by atoms with Crippen LogP contribution in [-0.2, 0) is 31.0 Å². The third-order valence-corrected chi connectivity index (χ3v) is 13.0. The van der Waals surface area contributed by atoms with E-state index in [2.05, 4.69) is 26.2 Å². The molecule has 322 valence electrons. The van der Waals surface area contributed by atoms with E-state index in [0.29, 0.717) is 54.3 Å². The van der Waals surface area contributed by atoms with Crippen molar-refractivity contribution in [3.63, 3.8) is 0 Å². The Hall–Kier alpha value is -6.49. The van der Waals surface area contributed by atoms with Crippen LogP contribution in [0.4, 0.5) is 16.2 Å². The molecule has 1 spiro atoms. The Morgan fingerprint density at radius 1 is 0.935 bits per heavy atom. The number of aromatic hydroxyl groups is 1. The number of para-hydroxylation sites is 1. The second-order valence-electron chi connectivity index (χ2n) is 16.5. The number of anilines is 2. The number of amides is 5. The molecule has 0 radical (unpaired) electrons. The van der Waals surface area contributed by atoms with E-state index in [-0.39, 0.29) is 38.2 Å². The number of phenolic OH excluding ortho intramolecular Hbond substituents is 1. The largest absolute Gasteiger partial charge is 0.504 e. The van der Waals surface area contributed by atoms with Crippen LogP contribution in [0.2, 0.25) is 0 Å². The smallest absolute Gasteiger partial charge is 0.321 e. The van der Waals surface area contributed by atoms with E-state index in [4.69, 9.17) is 19.2 Å². The summed E-state index contributed by atoms with van der Waals surface area (Å²) in [6.45, 7) is 0.295. The average Bonchev–Trinajstić information content (AvgIpc) is 3.59. The molecule has 62 heavy (non-hydrogen) atoms. The number of likely N-dealkylation sites (tertiary alicyclic amines) is 1. The Morgan fingerprint density at radius 2 is 1.73 bits per heavy atom. The molecule has 2 bridgehead atoms. The molecule has 16 heteroatoms. The van der Waals surface area contributed by atoms with E-state index in [1.807, 2.05) is 67.7 Å². The Kier molecular flexibility index (Phi) is 10.8. The summed E-state index contributed by atoms with van der Waals surface area (Å²) in [5, 5.41) is 34.3. The molecule has 6 atom stereocenters. The number of hydrogen-bond donors (Lipinski definition) is 6. The van der Waals surface area contributed by atoms with Gasteiger partial charge in [-0.2, -0.15) is 0 Å². The van der Waals surface area contributed by atoms with Gasteiger partial charge in [-0.3, -0.25) is 14.4 Å². The number of aliphatic hydroxyl groups is 1. The topological polar surface area (TPSA) is 203 Å². The van der Waals surface area contributed by atoms with Gasteiger partial charge in [-0.05, 0) is 69.1 Å². The number of carbonyl (C=O) groups excluding carboxylic acids is 4. The number of phenols is 1. The molecule has 3 aliphatic heterocycles. The van der Waals surface area contributed by atoms with E-state index < -0.39 is 53.1 Å². The van der Waals surface area contributed by atoms with Crippen molar-refractivity contribution in [2.24, 2.45) is 4.99 Å². The number of hydrogen-bond acceptors (Lipinski definition) is 11. The van der Waals surface area contributed by atoms with Crippen LogP contribution in [0.25, 0.3) is 0 Å². The van der Waals surface area contributed by atoms with Crippen molar-refractivity contribution in [2.45, 2.75) is 61.1 Å². The summed E-state index contributed by atoms with van der Waals surface area (Å²) in [6, 6.07) is 26.0. The molecule has 16 nitrogen and oxygen atoms in total. The molecular formula is C46H49N7O9. The first-order valence-electron chi connectivity index (χ1n) is 20.9. The molecule has 1 saturated carbocycles. The first-order valence-corrected chi connectivity index (χ1v) is 20.9. The zero-order valence-electron chi connectivity index (χ0n) is 34.4. The molecule has 4 aromatic carbocycles. The monoisotopic (exact) mass is 843 g/mol. The number of ether oxygens (including phenoxy) is 3. The molecule has 0 aromatic heterocycles. The molecular weight excluding hydrogens is 795 g/mol. The number of nitrogens with one attached hydrogen (secondary N) is 4. The number of benzene rings is 4. The number of carbonyl (C=O) groups is 4. The number of fused-ring (bicyclic) bond motifs is 1. The lowest BCUT2D eigenvalue weighted by atomic mass is 9.48. The number of urea groups is 1. The second kappa shape index (κ2) is 16.4. The highest BCUT2D eigenvalue weighted by atomic mass is 16.5. The minimum absolute atomic E-state index is 0.0293. The van der Waals surface area contributed by atoms with E-state index in [9.17, 15) is 29.4 Å². The van der Waals surface area contributed by atoms with Crippen molar-refractivity contribution in [1.29, 1.82) is 0 Å². The molecule has 2 fully saturated rings. The van der Waals surface area contributed by atoms with E-state index in [1.54, 1.807) is 37.4 Å². The molecule has 3 heterocycles. The summed E-state index contributed by atoms with van der Waals surface area (Å²) in [6.07, 6.45) is 0.465.